The number of hydrogen-bond donors (Lipinski definition) is 1. The van der Waals surface area contributed by atoms with Crippen LogP contribution in [0.1, 0.15) is 34.2 Å². The van der Waals surface area contributed by atoms with Crippen LogP contribution in [0.5, 0.6) is 0 Å². The molecule has 0 amide bonds. The van der Waals surface area contributed by atoms with Crippen molar-refractivity contribution in [2.45, 2.75) is 26.8 Å². The third-order valence-corrected chi connectivity index (χ3v) is 3.75. The fourth-order valence-corrected chi connectivity index (χ4v) is 2.51. The third-order valence-electron chi connectivity index (χ3n) is 3.22. The van der Waals surface area contributed by atoms with Crippen molar-refractivity contribution in [1.82, 2.24) is 4.57 Å². The summed E-state index contributed by atoms with van der Waals surface area (Å²) in [5.41, 5.74) is 3.37. The van der Waals surface area contributed by atoms with Gasteiger partial charge in [0, 0.05) is 16.7 Å². The highest BCUT2D eigenvalue weighted by Gasteiger charge is 2.17. The Morgan fingerprint density at radius 2 is 1.95 bits per heavy atom. The highest BCUT2D eigenvalue weighted by molar-refractivity contribution is 9.10. The summed E-state index contributed by atoms with van der Waals surface area (Å²) in [6, 6.07) is 9.90. The van der Waals surface area contributed by atoms with Gasteiger partial charge in [0.25, 0.3) is 0 Å². The predicted molar refractivity (Wildman–Crippen MR) is 78.8 cm³/mol. The lowest BCUT2D eigenvalue weighted by molar-refractivity contribution is 0.0684. The highest BCUT2D eigenvalue weighted by Crippen LogP contribution is 2.19. The number of hydrogen-bond acceptors (Lipinski definition) is 1. The van der Waals surface area contributed by atoms with Gasteiger partial charge in [-0.25, -0.2) is 4.79 Å². The van der Waals surface area contributed by atoms with Crippen LogP contribution in [0, 0.1) is 6.92 Å². The molecule has 0 unspecified atom stereocenters. The second kappa shape index (κ2) is 5.61. The quantitative estimate of drug-likeness (QED) is 0.928. The van der Waals surface area contributed by atoms with Crippen LogP contribution >= 0.6 is 15.9 Å². The van der Waals surface area contributed by atoms with Gasteiger partial charge in [0.2, 0.25) is 0 Å². The lowest BCUT2D eigenvalue weighted by Gasteiger charge is -2.10. The molecule has 0 radical (unpaired) electrons. The molecule has 0 fully saturated rings. The van der Waals surface area contributed by atoms with Gasteiger partial charge in [0.1, 0.15) is 5.69 Å². The number of aromatic carboxylic acids is 1. The molecule has 4 heteroatoms. The smallest absolute Gasteiger partial charge is 0.352 e. The maximum atomic E-state index is 11.4. The number of carboxylic acid groups (broad SMARTS) is 1. The van der Waals surface area contributed by atoms with E-state index in [1.807, 2.05) is 48.7 Å². The Labute approximate surface area is 121 Å². The molecule has 2 aromatic rings. The Morgan fingerprint density at radius 3 is 2.47 bits per heavy atom. The number of halogens is 1. The van der Waals surface area contributed by atoms with Crippen LogP contribution in [0.25, 0.3) is 0 Å². The van der Waals surface area contributed by atoms with Gasteiger partial charge in [-0.15, -0.1) is 0 Å². The van der Waals surface area contributed by atoms with Crippen LogP contribution in [0.2, 0.25) is 0 Å². The van der Waals surface area contributed by atoms with Gasteiger partial charge in [-0.05, 0) is 42.7 Å². The first-order valence-corrected chi connectivity index (χ1v) is 6.99. The average Bonchev–Trinajstić information content (AvgIpc) is 2.69. The van der Waals surface area contributed by atoms with E-state index in [1.165, 1.54) is 0 Å². The highest BCUT2D eigenvalue weighted by atomic mass is 79.9. The molecule has 0 saturated heterocycles. The maximum absolute atomic E-state index is 11.4. The standard InChI is InChI=1S/C15H16BrNO2/c1-3-12-8-10(2)17(14(12)15(18)19)9-11-4-6-13(16)7-5-11/h4-8H,3,9H2,1-2H3,(H,18,19). The van der Waals surface area contributed by atoms with E-state index in [2.05, 4.69) is 15.9 Å². The minimum atomic E-state index is -0.859. The molecule has 0 aliphatic rings. The van der Waals surface area contributed by atoms with Gasteiger partial charge in [0.05, 0.1) is 0 Å². The summed E-state index contributed by atoms with van der Waals surface area (Å²) >= 11 is 3.40. The van der Waals surface area contributed by atoms with Crippen LogP contribution in [0.4, 0.5) is 0 Å². The fraction of sp³-hybridized carbons (Fsp3) is 0.267. The number of nitrogens with zero attached hydrogens (tertiary/aromatic N) is 1. The molecular formula is C15H16BrNO2. The topological polar surface area (TPSA) is 42.2 Å². The number of carboxylic acids is 1. The van der Waals surface area contributed by atoms with Gasteiger partial charge in [-0.1, -0.05) is 35.0 Å². The lowest BCUT2D eigenvalue weighted by atomic mass is 10.2. The van der Waals surface area contributed by atoms with Crippen molar-refractivity contribution in [3.63, 3.8) is 0 Å². The number of aryl methyl sites for hydroxylation is 2. The van der Waals surface area contributed by atoms with Gasteiger partial charge in [-0.2, -0.15) is 0 Å². The van der Waals surface area contributed by atoms with E-state index < -0.39 is 5.97 Å². The van der Waals surface area contributed by atoms with Crippen LogP contribution in [0.3, 0.4) is 0 Å². The minimum Gasteiger partial charge on any atom is -0.477 e. The molecule has 1 aromatic heterocycles. The van der Waals surface area contributed by atoms with E-state index in [4.69, 9.17) is 0 Å². The Hall–Kier alpha value is -1.55. The van der Waals surface area contributed by atoms with E-state index in [-0.39, 0.29) is 0 Å². The molecule has 0 atom stereocenters. The molecule has 1 aromatic carbocycles. The van der Waals surface area contributed by atoms with Crippen LogP contribution in [-0.4, -0.2) is 15.6 Å². The summed E-state index contributed by atoms with van der Waals surface area (Å²) in [4.78, 5) is 11.4. The van der Waals surface area contributed by atoms with Crippen molar-refractivity contribution < 1.29 is 9.90 Å². The summed E-state index contributed by atoms with van der Waals surface area (Å²) in [6.07, 6.45) is 0.732. The Bertz CT molecular complexity index is 599. The van der Waals surface area contributed by atoms with E-state index in [0.717, 1.165) is 27.7 Å². The molecule has 0 spiro atoms. The maximum Gasteiger partial charge on any atom is 0.352 e. The molecular weight excluding hydrogens is 306 g/mol. The summed E-state index contributed by atoms with van der Waals surface area (Å²) in [5, 5.41) is 9.38. The number of carbonyl (C=O) groups is 1. The molecule has 0 saturated carbocycles. The largest absolute Gasteiger partial charge is 0.477 e. The van der Waals surface area contributed by atoms with E-state index in [1.54, 1.807) is 0 Å². The third kappa shape index (κ3) is 2.89. The molecule has 100 valence electrons. The molecule has 3 nitrogen and oxygen atoms in total. The molecule has 0 bridgehead atoms. The zero-order valence-electron chi connectivity index (χ0n) is 11.0. The number of benzene rings is 1. The normalized spacial score (nSPS) is 10.7. The van der Waals surface area contributed by atoms with Gasteiger partial charge in [-0.3, -0.25) is 0 Å². The van der Waals surface area contributed by atoms with Crippen LogP contribution < -0.4 is 0 Å². The zero-order chi connectivity index (χ0) is 14.0. The lowest BCUT2D eigenvalue weighted by Crippen LogP contribution is -2.12. The van der Waals surface area contributed by atoms with E-state index in [9.17, 15) is 9.90 Å². The molecule has 1 N–H and O–H groups in total. The second-order valence-corrected chi connectivity index (χ2v) is 5.45. The number of rotatable bonds is 4. The SMILES string of the molecule is CCc1cc(C)n(Cc2ccc(Br)cc2)c1C(=O)O. The Kier molecular flexibility index (Phi) is 4.10. The summed E-state index contributed by atoms with van der Waals surface area (Å²) < 4.78 is 2.89. The predicted octanol–water partition coefficient (Wildman–Crippen LogP) is 3.87. The molecule has 19 heavy (non-hydrogen) atoms. The van der Waals surface area contributed by atoms with E-state index in [0.29, 0.717) is 12.2 Å². The second-order valence-electron chi connectivity index (χ2n) is 4.53. The Morgan fingerprint density at radius 1 is 1.32 bits per heavy atom. The van der Waals surface area contributed by atoms with Crippen LogP contribution in [-0.2, 0) is 13.0 Å². The minimum absolute atomic E-state index is 0.405. The summed E-state index contributed by atoms with van der Waals surface area (Å²) in [5.74, 6) is -0.859. The Balaban J connectivity index is 2.41. The van der Waals surface area contributed by atoms with Crippen molar-refractivity contribution in [2.75, 3.05) is 0 Å². The first-order valence-electron chi connectivity index (χ1n) is 6.19. The fourth-order valence-electron chi connectivity index (χ4n) is 2.25. The first-order chi connectivity index (χ1) is 9.02. The number of aromatic nitrogens is 1. The van der Waals surface area contributed by atoms with Crippen molar-refractivity contribution >= 4 is 21.9 Å². The summed E-state index contributed by atoms with van der Waals surface area (Å²) in [7, 11) is 0. The van der Waals surface area contributed by atoms with Gasteiger partial charge in [0.15, 0.2) is 0 Å². The molecule has 1 heterocycles. The molecule has 0 aliphatic heterocycles. The zero-order valence-corrected chi connectivity index (χ0v) is 12.6. The van der Waals surface area contributed by atoms with E-state index >= 15 is 0 Å². The van der Waals surface area contributed by atoms with Crippen molar-refractivity contribution in [3.05, 3.63) is 57.3 Å². The van der Waals surface area contributed by atoms with Crippen molar-refractivity contribution in [1.29, 1.82) is 0 Å². The average molecular weight is 322 g/mol. The summed E-state index contributed by atoms with van der Waals surface area (Å²) in [6.45, 7) is 4.51. The molecule has 0 aliphatic carbocycles. The molecule has 2 rings (SSSR count). The monoisotopic (exact) mass is 321 g/mol. The first kappa shape index (κ1) is 13.9. The van der Waals surface area contributed by atoms with Gasteiger partial charge >= 0.3 is 5.97 Å². The van der Waals surface area contributed by atoms with Crippen molar-refractivity contribution in [3.8, 4) is 0 Å². The van der Waals surface area contributed by atoms with Gasteiger partial charge < -0.3 is 9.67 Å². The van der Waals surface area contributed by atoms with Crippen LogP contribution in [0.15, 0.2) is 34.8 Å². The van der Waals surface area contributed by atoms with Crippen molar-refractivity contribution in [2.24, 2.45) is 0 Å².